The van der Waals surface area contributed by atoms with Gasteiger partial charge in [0.05, 0.1) is 6.04 Å². The molecule has 0 aliphatic carbocycles. The lowest BCUT2D eigenvalue weighted by Gasteiger charge is -2.34. The highest BCUT2D eigenvalue weighted by Crippen LogP contribution is 2.34. The first kappa shape index (κ1) is 19.2. The molecule has 2 aromatic carbocycles. The fraction of sp³-hybridized carbons (Fsp3) is 0.409. The van der Waals surface area contributed by atoms with Gasteiger partial charge in [0, 0.05) is 13.0 Å². The summed E-state index contributed by atoms with van der Waals surface area (Å²) in [6, 6.07) is 18.9. The molecule has 3 atom stereocenters. The SMILES string of the molecule is CCCC[C@@H](C)C(=O)N(C)[C@@H](c1ccccc1)[C@@H](O)c1ccccc1. The third-order valence-corrected chi connectivity index (χ3v) is 4.76. The highest BCUT2D eigenvalue weighted by Gasteiger charge is 2.31. The number of carbonyl (C=O) groups is 1. The number of carbonyl (C=O) groups excluding carboxylic acids is 1. The number of rotatable bonds is 8. The molecular weight excluding hydrogens is 310 g/mol. The van der Waals surface area contributed by atoms with Crippen LogP contribution in [0.1, 0.15) is 56.4 Å². The maximum absolute atomic E-state index is 12.9. The van der Waals surface area contributed by atoms with Crippen LogP contribution in [0.15, 0.2) is 60.7 Å². The molecule has 1 amide bonds. The number of benzene rings is 2. The number of aliphatic hydroxyl groups is 1. The standard InChI is InChI=1S/C22H29NO2/c1-4-5-12-17(2)22(25)23(3)20(18-13-8-6-9-14-18)21(24)19-15-10-7-11-16-19/h6-11,13-17,20-21,24H,4-5,12H2,1-3H3/t17-,20+,21+/m1/s1. The molecule has 0 unspecified atom stereocenters. The van der Waals surface area contributed by atoms with Crippen LogP contribution in [0.4, 0.5) is 0 Å². The Morgan fingerprint density at radius 1 is 1.00 bits per heavy atom. The van der Waals surface area contributed by atoms with Crippen molar-refractivity contribution in [3.8, 4) is 0 Å². The van der Waals surface area contributed by atoms with Gasteiger partial charge in [0.2, 0.25) is 5.91 Å². The molecule has 0 saturated carbocycles. The summed E-state index contributed by atoms with van der Waals surface area (Å²) in [6.07, 6.45) is 2.23. The van der Waals surface area contributed by atoms with Gasteiger partial charge >= 0.3 is 0 Å². The second-order valence-electron chi connectivity index (χ2n) is 6.70. The highest BCUT2D eigenvalue weighted by atomic mass is 16.3. The summed E-state index contributed by atoms with van der Waals surface area (Å²) in [5.74, 6) is 0.0384. The summed E-state index contributed by atoms with van der Waals surface area (Å²) in [6.45, 7) is 4.11. The van der Waals surface area contributed by atoms with Crippen LogP contribution in [-0.2, 0) is 4.79 Å². The van der Waals surface area contributed by atoms with Crippen LogP contribution in [0.3, 0.4) is 0 Å². The molecule has 3 nitrogen and oxygen atoms in total. The van der Waals surface area contributed by atoms with Gasteiger partial charge in [-0.3, -0.25) is 4.79 Å². The number of nitrogens with zero attached hydrogens (tertiary/aromatic N) is 1. The highest BCUT2D eigenvalue weighted by molar-refractivity contribution is 5.78. The van der Waals surface area contributed by atoms with Crippen molar-refractivity contribution in [3.63, 3.8) is 0 Å². The van der Waals surface area contributed by atoms with E-state index >= 15 is 0 Å². The summed E-state index contributed by atoms with van der Waals surface area (Å²) < 4.78 is 0. The number of likely N-dealkylation sites (N-methyl/N-ethyl adjacent to an activating group) is 1. The zero-order valence-corrected chi connectivity index (χ0v) is 15.4. The molecule has 0 aliphatic heterocycles. The van der Waals surface area contributed by atoms with Crippen molar-refractivity contribution < 1.29 is 9.90 Å². The van der Waals surface area contributed by atoms with E-state index in [1.165, 1.54) is 0 Å². The Kier molecular flexibility index (Phi) is 7.20. The van der Waals surface area contributed by atoms with Crippen molar-refractivity contribution in [2.24, 2.45) is 5.92 Å². The Morgan fingerprint density at radius 3 is 2.04 bits per heavy atom. The Labute approximate surface area is 151 Å². The lowest BCUT2D eigenvalue weighted by atomic mass is 9.93. The van der Waals surface area contributed by atoms with Crippen molar-refractivity contribution in [2.45, 2.75) is 45.3 Å². The molecule has 0 fully saturated rings. The number of amides is 1. The second-order valence-corrected chi connectivity index (χ2v) is 6.70. The predicted octanol–water partition coefficient (Wildman–Crippen LogP) is 4.75. The summed E-state index contributed by atoms with van der Waals surface area (Å²) in [4.78, 5) is 14.6. The van der Waals surface area contributed by atoms with Gasteiger partial charge in [-0.1, -0.05) is 87.4 Å². The number of aliphatic hydroxyl groups excluding tert-OH is 1. The van der Waals surface area contributed by atoms with Gasteiger partial charge in [0.1, 0.15) is 6.10 Å². The number of hydrogen-bond donors (Lipinski definition) is 1. The third kappa shape index (κ3) is 4.93. The van der Waals surface area contributed by atoms with E-state index in [1.54, 1.807) is 11.9 Å². The van der Waals surface area contributed by atoms with Crippen LogP contribution in [0, 0.1) is 5.92 Å². The molecule has 3 heteroatoms. The molecule has 1 N–H and O–H groups in total. The maximum Gasteiger partial charge on any atom is 0.225 e. The summed E-state index contributed by atoms with van der Waals surface area (Å²) >= 11 is 0. The van der Waals surface area contributed by atoms with Gasteiger partial charge in [-0.2, -0.15) is 0 Å². The summed E-state index contributed by atoms with van der Waals surface area (Å²) in [7, 11) is 1.80. The van der Waals surface area contributed by atoms with E-state index in [0.29, 0.717) is 0 Å². The molecular formula is C22H29NO2. The minimum absolute atomic E-state index is 0.0425. The lowest BCUT2D eigenvalue weighted by molar-refractivity contribution is -0.138. The normalized spacial score (nSPS) is 14.6. The molecule has 2 rings (SSSR count). The second kappa shape index (κ2) is 9.38. The van der Waals surface area contributed by atoms with E-state index in [9.17, 15) is 9.90 Å². The molecule has 0 saturated heterocycles. The van der Waals surface area contributed by atoms with Crippen LogP contribution in [0.25, 0.3) is 0 Å². The molecule has 0 aromatic heterocycles. The average Bonchev–Trinajstić information content (AvgIpc) is 2.67. The van der Waals surface area contributed by atoms with Gasteiger partial charge in [-0.05, 0) is 17.5 Å². The van der Waals surface area contributed by atoms with Gasteiger partial charge in [0.15, 0.2) is 0 Å². The quantitative estimate of drug-likeness (QED) is 0.754. The largest absolute Gasteiger partial charge is 0.386 e. The molecule has 2 aromatic rings. The van der Waals surface area contributed by atoms with Crippen molar-refractivity contribution >= 4 is 5.91 Å². The molecule has 134 valence electrons. The number of hydrogen-bond acceptors (Lipinski definition) is 2. The first-order valence-electron chi connectivity index (χ1n) is 9.10. The lowest BCUT2D eigenvalue weighted by Crippen LogP contribution is -2.38. The van der Waals surface area contributed by atoms with E-state index < -0.39 is 12.1 Å². The Hall–Kier alpha value is -2.13. The number of unbranched alkanes of at least 4 members (excludes halogenated alkanes) is 1. The average molecular weight is 339 g/mol. The van der Waals surface area contributed by atoms with Gasteiger partial charge in [-0.15, -0.1) is 0 Å². The predicted molar refractivity (Wildman–Crippen MR) is 102 cm³/mol. The van der Waals surface area contributed by atoms with Crippen LogP contribution >= 0.6 is 0 Å². The van der Waals surface area contributed by atoms with E-state index in [0.717, 1.165) is 30.4 Å². The van der Waals surface area contributed by atoms with Crippen molar-refractivity contribution in [1.82, 2.24) is 4.90 Å². The van der Waals surface area contributed by atoms with Crippen molar-refractivity contribution in [2.75, 3.05) is 7.05 Å². The Bertz CT molecular complexity index is 642. The van der Waals surface area contributed by atoms with Crippen molar-refractivity contribution in [3.05, 3.63) is 71.8 Å². The van der Waals surface area contributed by atoms with Crippen LogP contribution < -0.4 is 0 Å². The molecule has 0 heterocycles. The van der Waals surface area contributed by atoms with Crippen LogP contribution in [-0.4, -0.2) is 23.0 Å². The van der Waals surface area contributed by atoms with Crippen LogP contribution in [0.2, 0.25) is 0 Å². The monoisotopic (exact) mass is 339 g/mol. The molecule has 25 heavy (non-hydrogen) atoms. The topological polar surface area (TPSA) is 40.5 Å². The van der Waals surface area contributed by atoms with Crippen molar-refractivity contribution in [1.29, 1.82) is 0 Å². The molecule has 0 radical (unpaired) electrons. The van der Waals surface area contributed by atoms with E-state index in [1.807, 2.05) is 67.6 Å². The molecule has 0 spiro atoms. The summed E-state index contributed by atoms with van der Waals surface area (Å²) in [5.41, 5.74) is 1.76. The van der Waals surface area contributed by atoms with Crippen LogP contribution in [0.5, 0.6) is 0 Å². The maximum atomic E-state index is 12.9. The fourth-order valence-corrected chi connectivity index (χ4v) is 3.22. The first-order chi connectivity index (χ1) is 12.1. The Balaban J connectivity index is 2.30. The first-order valence-corrected chi connectivity index (χ1v) is 9.10. The Morgan fingerprint density at radius 2 is 1.52 bits per heavy atom. The molecule has 0 aliphatic rings. The van der Waals surface area contributed by atoms with E-state index in [4.69, 9.17) is 0 Å². The van der Waals surface area contributed by atoms with Gasteiger partial charge in [-0.25, -0.2) is 0 Å². The van der Waals surface area contributed by atoms with Gasteiger partial charge in [0.25, 0.3) is 0 Å². The zero-order chi connectivity index (χ0) is 18.2. The third-order valence-electron chi connectivity index (χ3n) is 4.76. The minimum Gasteiger partial charge on any atom is -0.386 e. The smallest absolute Gasteiger partial charge is 0.225 e. The minimum atomic E-state index is -0.768. The fourth-order valence-electron chi connectivity index (χ4n) is 3.22. The summed E-state index contributed by atoms with van der Waals surface area (Å²) in [5, 5.41) is 11.0. The van der Waals surface area contributed by atoms with E-state index in [2.05, 4.69) is 6.92 Å². The van der Waals surface area contributed by atoms with E-state index in [-0.39, 0.29) is 11.8 Å². The molecule has 0 bridgehead atoms. The zero-order valence-electron chi connectivity index (χ0n) is 15.4. The van der Waals surface area contributed by atoms with Gasteiger partial charge < -0.3 is 10.0 Å².